The van der Waals surface area contributed by atoms with Crippen molar-refractivity contribution in [2.45, 2.75) is 25.9 Å². The number of hydrogen-bond donors (Lipinski definition) is 0. The van der Waals surface area contributed by atoms with Crippen LogP contribution in [-0.4, -0.2) is 12.8 Å². The zero-order chi connectivity index (χ0) is 12.3. The molecule has 0 atom stereocenters. The molecule has 1 nitrogen and oxygen atoms in total. The van der Waals surface area contributed by atoms with Crippen LogP contribution >= 0.6 is 22.6 Å². The highest BCUT2D eigenvalue weighted by atomic mass is 127. The number of hydrogen-bond acceptors (Lipinski definition) is 1. The Bertz CT molecular complexity index is 361. The molecule has 0 aliphatic heterocycles. The van der Waals surface area contributed by atoms with E-state index in [0.29, 0.717) is 5.75 Å². The molecule has 0 bridgehead atoms. The monoisotopic (exact) mass is 344 g/mol. The summed E-state index contributed by atoms with van der Waals surface area (Å²) < 4.78 is 41.9. The summed E-state index contributed by atoms with van der Waals surface area (Å²) in [4.78, 5) is 0. The summed E-state index contributed by atoms with van der Waals surface area (Å²) in [5.74, 6) is 0.450. The third kappa shape index (κ3) is 4.19. The first-order chi connectivity index (χ1) is 7.29. The third-order valence-electron chi connectivity index (χ3n) is 1.99. The molecular formula is C11H12F3IO. The summed E-state index contributed by atoms with van der Waals surface area (Å²) in [5.41, 5.74) is 0.802. The number of ether oxygens (including phenoxy) is 1. The van der Waals surface area contributed by atoms with Crippen molar-refractivity contribution in [1.29, 1.82) is 0 Å². The molecule has 1 aromatic rings. The normalized spacial score (nSPS) is 11.9. The van der Waals surface area contributed by atoms with Gasteiger partial charge in [0, 0.05) is 3.57 Å². The molecule has 5 heteroatoms. The predicted molar refractivity (Wildman–Crippen MR) is 64.8 cm³/mol. The van der Waals surface area contributed by atoms with Gasteiger partial charge in [0.15, 0.2) is 6.61 Å². The maximum atomic E-state index is 12.0. The van der Waals surface area contributed by atoms with Gasteiger partial charge in [0.1, 0.15) is 5.75 Å². The largest absolute Gasteiger partial charge is 0.484 e. The van der Waals surface area contributed by atoms with Crippen LogP contribution in [-0.2, 0) is 0 Å². The standard InChI is InChI=1S/C11H12F3IO/c1-7(2)9-5-8(15)3-4-10(9)16-6-11(12,13)14/h3-5,7H,6H2,1-2H3. The van der Waals surface area contributed by atoms with Crippen LogP contribution in [0.15, 0.2) is 18.2 Å². The molecule has 0 fully saturated rings. The van der Waals surface area contributed by atoms with Crippen molar-refractivity contribution in [1.82, 2.24) is 0 Å². The lowest BCUT2D eigenvalue weighted by Gasteiger charge is -2.15. The van der Waals surface area contributed by atoms with Crippen molar-refractivity contribution in [2.75, 3.05) is 6.61 Å². The SMILES string of the molecule is CC(C)c1cc(I)ccc1OCC(F)(F)F. The Morgan fingerprint density at radius 1 is 1.31 bits per heavy atom. The van der Waals surface area contributed by atoms with Crippen LogP contribution in [0.2, 0.25) is 0 Å². The summed E-state index contributed by atoms with van der Waals surface area (Å²) >= 11 is 2.12. The Morgan fingerprint density at radius 2 is 1.94 bits per heavy atom. The van der Waals surface area contributed by atoms with E-state index in [4.69, 9.17) is 4.74 Å². The third-order valence-corrected chi connectivity index (χ3v) is 2.66. The van der Waals surface area contributed by atoms with Gasteiger partial charge in [-0.3, -0.25) is 0 Å². The molecule has 0 unspecified atom stereocenters. The lowest BCUT2D eigenvalue weighted by Crippen LogP contribution is -2.19. The van der Waals surface area contributed by atoms with Crippen LogP contribution in [0.3, 0.4) is 0 Å². The zero-order valence-electron chi connectivity index (χ0n) is 8.94. The van der Waals surface area contributed by atoms with Crippen molar-refractivity contribution in [3.63, 3.8) is 0 Å². The molecule has 0 aliphatic carbocycles. The fourth-order valence-corrected chi connectivity index (χ4v) is 1.78. The first kappa shape index (κ1) is 13.6. The quantitative estimate of drug-likeness (QED) is 0.741. The summed E-state index contributed by atoms with van der Waals surface area (Å²) in [6, 6.07) is 5.16. The van der Waals surface area contributed by atoms with E-state index in [1.54, 1.807) is 12.1 Å². The highest BCUT2D eigenvalue weighted by Gasteiger charge is 2.28. The van der Waals surface area contributed by atoms with E-state index in [0.717, 1.165) is 9.13 Å². The minimum atomic E-state index is -4.29. The van der Waals surface area contributed by atoms with Gasteiger partial charge in [-0.05, 0) is 52.3 Å². The maximum absolute atomic E-state index is 12.0. The van der Waals surface area contributed by atoms with Gasteiger partial charge >= 0.3 is 6.18 Å². The minimum absolute atomic E-state index is 0.137. The van der Waals surface area contributed by atoms with Gasteiger partial charge in [0.2, 0.25) is 0 Å². The second kappa shape index (κ2) is 5.25. The summed E-state index contributed by atoms with van der Waals surface area (Å²) in [6.07, 6.45) is -4.29. The summed E-state index contributed by atoms with van der Waals surface area (Å²) in [7, 11) is 0. The molecule has 0 heterocycles. The van der Waals surface area contributed by atoms with Crippen molar-refractivity contribution in [2.24, 2.45) is 0 Å². The van der Waals surface area contributed by atoms with Crippen LogP contribution in [0.1, 0.15) is 25.3 Å². The van der Waals surface area contributed by atoms with E-state index in [-0.39, 0.29) is 5.92 Å². The van der Waals surface area contributed by atoms with Gasteiger partial charge in [-0.25, -0.2) is 0 Å². The Morgan fingerprint density at radius 3 is 2.44 bits per heavy atom. The number of benzene rings is 1. The van der Waals surface area contributed by atoms with Crippen LogP contribution < -0.4 is 4.74 Å². The average molecular weight is 344 g/mol. The second-order valence-electron chi connectivity index (χ2n) is 3.74. The minimum Gasteiger partial charge on any atom is -0.484 e. The lowest BCUT2D eigenvalue weighted by atomic mass is 10.0. The Kier molecular flexibility index (Phi) is 4.46. The molecule has 0 saturated heterocycles. The fourth-order valence-electron chi connectivity index (χ4n) is 1.26. The van der Waals surface area contributed by atoms with E-state index in [2.05, 4.69) is 22.6 Å². The maximum Gasteiger partial charge on any atom is 0.422 e. The first-order valence-electron chi connectivity index (χ1n) is 4.78. The van der Waals surface area contributed by atoms with E-state index in [9.17, 15) is 13.2 Å². The molecule has 0 spiro atoms. The Balaban J connectivity index is 2.87. The Hall–Kier alpha value is -0.460. The number of alkyl halides is 3. The topological polar surface area (TPSA) is 9.23 Å². The molecule has 0 radical (unpaired) electrons. The highest BCUT2D eigenvalue weighted by molar-refractivity contribution is 14.1. The molecule has 0 amide bonds. The van der Waals surface area contributed by atoms with Crippen LogP contribution in [0.4, 0.5) is 13.2 Å². The highest BCUT2D eigenvalue weighted by Crippen LogP contribution is 2.29. The summed E-state index contributed by atoms with van der Waals surface area (Å²) in [5, 5.41) is 0. The van der Waals surface area contributed by atoms with E-state index in [1.807, 2.05) is 19.9 Å². The first-order valence-corrected chi connectivity index (χ1v) is 5.86. The van der Waals surface area contributed by atoms with Gasteiger partial charge < -0.3 is 4.74 Å². The average Bonchev–Trinajstić information content (AvgIpc) is 2.14. The van der Waals surface area contributed by atoms with Crippen molar-refractivity contribution in [3.8, 4) is 5.75 Å². The van der Waals surface area contributed by atoms with Gasteiger partial charge in [0.05, 0.1) is 0 Å². The fraction of sp³-hybridized carbons (Fsp3) is 0.455. The molecule has 0 aromatic heterocycles. The summed E-state index contributed by atoms with van der Waals surface area (Å²) in [6.45, 7) is 2.60. The Labute approximate surface area is 106 Å². The van der Waals surface area contributed by atoms with E-state index >= 15 is 0 Å². The molecule has 0 aliphatic rings. The van der Waals surface area contributed by atoms with E-state index in [1.165, 1.54) is 0 Å². The molecule has 0 saturated carbocycles. The van der Waals surface area contributed by atoms with E-state index < -0.39 is 12.8 Å². The van der Waals surface area contributed by atoms with Crippen LogP contribution in [0.5, 0.6) is 5.75 Å². The molecule has 1 aromatic carbocycles. The van der Waals surface area contributed by atoms with Gasteiger partial charge in [-0.2, -0.15) is 13.2 Å². The van der Waals surface area contributed by atoms with Crippen molar-refractivity contribution < 1.29 is 17.9 Å². The smallest absolute Gasteiger partial charge is 0.422 e. The number of halogens is 4. The lowest BCUT2D eigenvalue weighted by molar-refractivity contribution is -0.153. The molecule has 90 valence electrons. The van der Waals surface area contributed by atoms with Gasteiger partial charge in [-0.15, -0.1) is 0 Å². The number of rotatable bonds is 3. The van der Waals surface area contributed by atoms with Gasteiger partial charge in [-0.1, -0.05) is 13.8 Å². The molecule has 16 heavy (non-hydrogen) atoms. The molecular weight excluding hydrogens is 332 g/mol. The van der Waals surface area contributed by atoms with Crippen LogP contribution in [0.25, 0.3) is 0 Å². The molecule has 1 rings (SSSR count). The van der Waals surface area contributed by atoms with Crippen molar-refractivity contribution >= 4 is 22.6 Å². The zero-order valence-corrected chi connectivity index (χ0v) is 11.1. The van der Waals surface area contributed by atoms with Crippen LogP contribution in [0, 0.1) is 3.57 Å². The predicted octanol–water partition coefficient (Wildman–Crippen LogP) is 4.36. The van der Waals surface area contributed by atoms with Crippen molar-refractivity contribution in [3.05, 3.63) is 27.3 Å². The molecule has 0 N–H and O–H groups in total. The second-order valence-corrected chi connectivity index (χ2v) is 4.99. The van der Waals surface area contributed by atoms with Gasteiger partial charge in [0.25, 0.3) is 0 Å².